The van der Waals surface area contributed by atoms with E-state index in [0.717, 1.165) is 17.7 Å². The van der Waals surface area contributed by atoms with Crippen molar-refractivity contribution >= 4 is 35.1 Å². The summed E-state index contributed by atoms with van der Waals surface area (Å²) in [5.74, 6) is -2.43. The molecule has 3 amide bonds. The highest BCUT2D eigenvalue weighted by atomic mass is 16.5. The highest BCUT2D eigenvalue weighted by Crippen LogP contribution is 2.29. The average molecular weight is 409 g/mol. The summed E-state index contributed by atoms with van der Waals surface area (Å²) < 4.78 is 5.11. The SMILES string of the molecule is CCc1ccccc1N1C[C@H](C(=O)OCC(=O)Nc2ccc(C(N)=O)cc2)CC1=O. The molecule has 3 N–H and O–H groups in total. The van der Waals surface area contributed by atoms with Crippen molar-refractivity contribution in [3.63, 3.8) is 0 Å². The molecule has 156 valence electrons. The van der Waals surface area contributed by atoms with Crippen molar-refractivity contribution in [2.24, 2.45) is 11.7 Å². The van der Waals surface area contributed by atoms with Crippen molar-refractivity contribution in [3.05, 3.63) is 59.7 Å². The number of benzene rings is 2. The van der Waals surface area contributed by atoms with E-state index in [1.54, 1.807) is 4.90 Å². The fourth-order valence-electron chi connectivity index (χ4n) is 3.34. The van der Waals surface area contributed by atoms with E-state index in [1.807, 2.05) is 31.2 Å². The smallest absolute Gasteiger partial charge is 0.311 e. The largest absolute Gasteiger partial charge is 0.455 e. The summed E-state index contributed by atoms with van der Waals surface area (Å²) in [5, 5.41) is 2.57. The number of hydrogen-bond acceptors (Lipinski definition) is 5. The van der Waals surface area contributed by atoms with Crippen molar-refractivity contribution in [3.8, 4) is 0 Å². The zero-order valence-electron chi connectivity index (χ0n) is 16.6. The van der Waals surface area contributed by atoms with E-state index >= 15 is 0 Å². The molecule has 1 saturated heterocycles. The van der Waals surface area contributed by atoms with Gasteiger partial charge in [0.2, 0.25) is 11.8 Å². The number of amides is 3. The lowest BCUT2D eigenvalue weighted by molar-refractivity contribution is -0.151. The van der Waals surface area contributed by atoms with Gasteiger partial charge in [-0.25, -0.2) is 0 Å². The molecule has 3 rings (SSSR count). The number of hydrogen-bond donors (Lipinski definition) is 2. The molecular weight excluding hydrogens is 386 g/mol. The van der Waals surface area contributed by atoms with Crippen molar-refractivity contribution in [2.75, 3.05) is 23.4 Å². The first-order chi connectivity index (χ1) is 14.4. The van der Waals surface area contributed by atoms with Crippen molar-refractivity contribution in [2.45, 2.75) is 19.8 Å². The van der Waals surface area contributed by atoms with Gasteiger partial charge in [0.25, 0.3) is 5.91 Å². The lowest BCUT2D eigenvalue weighted by Crippen LogP contribution is -2.28. The van der Waals surface area contributed by atoms with E-state index in [1.165, 1.54) is 24.3 Å². The van der Waals surface area contributed by atoms with Crippen LogP contribution in [0.1, 0.15) is 29.3 Å². The van der Waals surface area contributed by atoms with Crippen LogP contribution in [0.3, 0.4) is 0 Å². The highest BCUT2D eigenvalue weighted by molar-refractivity contribution is 6.00. The summed E-state index contributed by atoms with van der Waals surface area (Å²) in [6.07, 6.45) is 0.822. The Labute approximate surface area is 174 Å². The van der Waals surface area contributed by atoms with Gasteiger partial charge < -0.3 is 20.7 Å². The van der Waals surface area contributed by atoms with Gasteiger partial charge in [0.1, 0.15) is 0 Å². The van der Waals surface area contributed by atoms with E-state index in [2.05, 4.69) is 5.32 Å². The molecule has 1 atom stereocenters. The van der Waals surface area contributed by atoms with Gasteiger partial charge in [-0.2, -0.15) is 0 Å². The monoisotopic (exact) mass is 409 g/mol. The molecule has 8 nitrogen and oxygen atoms in total. The molecule has 2 aromatic carbocycles. The Kier molecular flexibility index (Phi) is 6.46. The molecule has 1 fully saturated rings. The molecule has 0 unspecified atom stereocenters. The van der Waals surface area contributed by atoms with Crippen molar-refractivity contribution < 1.29 is 23.9 Å². The van der Waals surface area contributed by atoms with Gasteiger partial charge in [0, 0.05) is 29.9 Å². The lowest BCUT2D eigenvalue weighted by atomic mass is 10.1. The van der Waals surface area contributed by atoms with Gasteiger partial charge in [0.05, 0.1) is 5.92 Å². The first kappa shape index (κ1) is 21.0. The minimum atomic E-state index is -0.620. The molecule has 0 spiro atoms. The Hall–Kier alpha value is -3.68. The molecular formula is C22H23N3O5. The third-order valence-electron chi connectivity index (χ3n) is 4.92. The van der Waals surface area contributed by atoms with Crippen LogP contribution in [0.4, 0.5) is 11.4 Å². The minimum Gasteiger partial charge on any atom is -0.455 e. The van der Waals surface area contributed by atoms with Crippen LogP contribution >= 0.6 is 0 Å². The van der Waals surface area contributed by atoms with E-state index in [-0.39, 0.29) is 18.9 Å². The topological polar surface area (TPSA) is 119 Å². The van der Waals surface area contributed by atoms with Crippen LogP contribution in [-0.4, -0.2) is 36.8 Å². The molecule has 0 saturated carbocycles. The number of primary amides is 1. The average Bonchev–Trinajstić information content (AvgIpc) is 3.14. The number of nitrogens with zero attached hydrogens (tertiary/aromatic N) is 1. The fourth-order valence-corrected chi connectivity index (χ4v) is 3.34. The number of para-hydroxylation sites is 1. The normalized spacial score (nSPS) is 15.7. The minimum absolute atomic E-state index is 0.0487. The number of esters is 1. The number of anilines is 2. The number of nitrogens with two attached hydrogens (primary N) is 1. The van der Waals surface area contributed by atoms with Crippen LogP contribution in [0, 0.1) is 5.92 Å². The lowest BCUT2D eigenvalue weighted by Gasteiger charge is -2.19. The summed E-state index contributed by atoms with van der Waals surface area (Å²) in [4.78, 5) is 49.5. The van der Waals surface area contributed by atoms with Crippen LogP contribution in [0.25, 0.3) is 0 Å². The van der Waals surface area contributed by atoms with Crippen LogP contribution in [-0.2, 0) is 25.5 Å². The Balaban J connectivity index is 1.53. The Morgan fingerprint density at radius 2 is 1.83 bits per heavy atom. The molecule has 1 heterocycles. The second-order valence-electron chi connectivity index (χ2n) is 6.99. The van der Waals surface area contributed by atoms with Gasteiger partial charge in [-0.1, -0.05) is 25.1 Å². The molecule has 0 aromatic heterocycles. The van der Waals surface area contributed by atoms with Crippen molar-refractivity contribution in [1.29, 1.82) is 0 Å². The van der Waals surface area contributed by atoms with E-state index < -0.39 is 30.3 Å². The molecule has 0 aliphatic carbocycles. The second kappa shape index (κ2) is 9.21. The number of rotatable bonds is 7. The number of carbonyl (C=O) groups is 4. The predicted octanol–water partition coefficient (Wildman–Crippen LogP) is 1.88. The maximum absolute atomic E-state index is 12.4. The number of aryl methyl sites for hydroxylation is 1. The van der Waals surface area contributed by atoms with Gasteiger partial charge in [-0.05, 0) is 42.3 Å². The summed E-state index contributed by atoms with van der Waals surface area (Å²) >= 11 is 0. The maximum atomic E-state index is 12.4. The van der Waals surface area contributed by atoms with Gasteiger partial charge in [-0.3, -0.25) is 19.2 Å². The van der Waals surface area contributed by atoms with Gasteiger partial charge in [-0.15, -0.1) is 0 Å². The Morgan fingerprint density at radius 1 is 1.13 bits per heavy atom. The summed E-state index contributed by atoms with van der Waals surface area (Å²) in [7, 11) is 0. The number of carbonyl (C=O) groups excluding carboxylic acids is 4. The van der Waals surface area contributed by atoms with E-state index in [0.29, 0.717) is 11.3 Å². The van der Waals surface area contributed by atoms with Gasteiger partial charge in [0.15, 0.2) is 6.61 Å². The predicted molar refractivity (Wildman–Crippen MR) is 111 cm³/mol. The fraction of sp³-hybridized carbons (Fsp3) is 0.273. The zero-order valence-corrected chi connectivity index (χ0v) is 16.6. The summed E-state index contributed by atoms with van der Waals surface area (Å²) in [6.45, 7) is 1.77. The third kappa shape index (κ3) is 4.83. The molecule has 1 aliphatic heterocycles. The third-order valence-corrected chi connectivity index (χ3v) is 4.92. The quantitative estimate of drug-likeness (QED) is 0.677. The van der Waals surface area contributed by atoms with Crippen LogP contribution < -0.4 is 16.0 Å². The number of ether oxygens (including phenoxy) is 1. The summed E-state index contributed by atoms with van der Waals surface area (Å²) in [5.41, 5.74) is 7.76. The van der Waals surface area contributed by atoms with E-state index in [9.17, 15) is 19.2 Å². The number of nitrogens with one attached hydrogen (secondary N) is 1. The molecule has 0 bridgehead atoms. The molecule has 2 aromatic rings. The van der Waals surface area contributed by atoms with Crippen LogP contribution in [0.15, 0.2) is 48.5 Å². The first-order valence-electron chi connectivity index (χ1n) is 9.63. The standard InChI is InChI=1S/C22H23N3O5/c1-2-14-5-3-4-6-18(14)25-12-16(11-20(25)27)22(29)30-13-19(26)24-17-9-7-15(8-10-17)21(23)28/h3-10,16H,2,11-13H2,1H3,(H2,23,28)(H,24,26)/t16-/m1/s1. The molecule has 0 radical (unpaired) electrons. The van der Waals surface area contributed by atoms with Crippen LogP contribution in [0.5, 0.6) is 0 Å². The second-order valence-corrected chi connectivity index (χ2v) is 6.99. The van der Waals surface area contributed by atoms with E-state index in [4.69, 9.17) is 10.5 Å². The highest BCUT2D eigenvalue weighted by Gasteiger charge is 2.37. The van der Waals surface area contributed by atoms with Crippen LogP contribution in [0.2, 0.25) is 0 Å². The van der Waals surface area contributed by atoms with Crippen molar-refractivity contribution in [1.82, 2.24) is 0 Å². The zero-order chi connectivity index (χ0) is 21.7. The van der Waals surface area contributed by atoms with Gasteiger partial charge >= 0.3 is 5.97 Å². The summed E-state index contributed by atoms with van der Waals surface area (Å²) in [6, 6.07) is 13.6. The Bertz CT molecular complexity index is 971. The molecule has 8 heteroatoms. The first-order valence-corrected chi connectivity index (χ1v) is 9.63. The maximum Gasteiger partial charge on any atom is 0.311 e. The molecule has 30 heavy (non-hydrogen) atoms. The Morgan fingerprint density at radius 3 is 2.50 bits per heavy atom. The molecule has 1 aliphatic rings.